The average molecular weight is 260 g/mol. The van der Waals surface area contributed by atoms with E-state index < -0.39 is 9.84 Å². The molecule has 0 aliphatic carbocycles. The van der Waals surface area contributed by atoms with Gasteiger partial charge in [-0.3, -0.25) is 0 Å². The Hall–Kier alpha value is -0.130. The molecular formula is C12H24N2O2S. The summed E-state index contributed by atoms with van der Waals surface area (Å²) in [7, 11) is -2.82. The highest BCUT2D eigenvalue weighted by atomic mass is 32.2. The van der Waals surface area contributed by atoms with Crippen molar-refractivity contribution in [3.63, 3.8) is 0 Å². The number of rotatable bonds is 3. The predicted molar refractivity (Wildman–Crippen MR) is 69.9 cm³/mol. The van der Waals surface area contributed by atoms with Crippen LogP contribution in [0.3, 0.4) is 0 Å². The van der Waals surface area contributed by atoms with Crippen LogP contribution in [0.4, 0.5) is 0 Å². The van der Waals surface area contributed by atoms with Crippen LogP contribution in [0.5, 0.6) is 0 Å². The molecule has 0 radical (unpaired) electrons. The van der Waals surface area contributed by atoms with E-state index in [9.17, 15) is 8.42 Å². The first-order chi connectivity index (χ1) is 7.99. The maximum absolute atomic E-state index is 11.2. The Labute approximate surface area is 105 Å². The third kappa shape index (κ3) is 3.93. The topological polar surface area (TPSA) is 49.4 Å². The third-order valence-corrected chi connectivity index (χ3v) is 5.00. The Kier molecular flexibility index (Phi) is 4.10. The molecule has 5 heteroatoms. The van der Waals surface area contributed by atoms with E-state index in [0.29, 0.717) is 17.7 Å². The zero-order chi connectivity index (χ0) is 12.4. The minimum absolute atomic E-state index is 0.302. The normalized spacial score (nSPS) is 31.8. The first kappa shape index (κ1) is 13.3. The summed E-state index contributed by atoms with van der Waals surface area (Å²) in [5.74, 6) is 0.302. The second kappa shape index (κ2) is 5.24. The van der Waals surface area contributed by atoms with Crippen molar-refractivity contribution in [2.24, 2.45) is 5.41 Å². The quantitative estimate of drug-likeness (QED) is 0.803. The smallest absolute Gasteiger partial charge is 0.148 e. The highest BCUT2D eigenvalue weighted by molar-refractivity contribution is 7.90. The molecule has 0 amide bonds. The lowest BCUT2D eigenvalue weighted by atomic mass is 9.74. The fourth-order valence-electron chi connectivity index (χ4n) is 3.17. The van der Waals surface area contributed by atoms with Gasteiger partial charge < -0.3 is 10.2 Å². The van der Waals surface area contributed by atoms with Crippen LogP contribution >= 0.6 is 0 Å². The first-order valence-corrected chi connectivity index (χ1v) is 8.66. The summed E-state index contributed by atoms with van der Waals surface area (Å²) >= 11 is 0. The van der Waals surface area contributed by atoms with Crippen molar-refractivity contribution in [2.75, 3.05) is 44.7 Å². The van der Waals surface area contributed by atoms with Crippen LogP contribution in [0.25, 0.3) is 0 Å². The molecule has 1 atom stereocenters. The van der Waals surface area contributed by atoms with Crippen LogP contribution in [0, 0.1) is 5.41 Å². The van der Waals surface area contributed by atoms with Gasteiger partial charge in [-0.25, -0.2) is 8.42 Å². The Morgan fingerprint density at radius 1 is 1.29 bits per heavy atom. The Morgan fingerprint density at radius 2 is 2.06 bits per heavy atom. The number of hydrogen-bond acceptors (Lipinski definition) is 4. The molecule has 2 aliphatic rings. The van der Waals surface area contributed by atoms with E-state index in [1.165, 1.54) is 31.9 Å². The van der Waals surface area contributed by atoms with Crippen LogP contribution in [0.15, 0.2) is 0 Å². The summed E-state index contributed by atoms with van der Waals surface area (Å²) < 4.78 is 22.4. The minimum atomic E-state index is -2.82. The molecule has 4 nitrogen and oxygen atoms in total. The summed E-state index contributed by atoms with van der Waals surface area (Å²) in [6.45, 7) is 5.11. The first-order valence-electron chi connectivity index (χ1n) is 6.60. The van der Waals surface area contributed by atoms with Crippen molar-refractivity contribution in [3.8, 4) is 0 Å². The van der Waals surface area contributed by atoms with Gasteiger partial charge in [0.15, 0.2) is 0 Å². The Bertz CT molecular complexity index is 342. The van der Waals surface area contributed by atoms with Gasteiger partial charge >= 0.3 is 0 Å². The van der Waals surface area contributed by atoms with E-state index >= 15 is 0 Å². The van der Waals surface area contributed by atoms with Crippen molar-refractivity contribution in [3.05, 3.63) is 0 Å². The summed E-state index contributed by atoms with van der Waals surface area (Å²) in [6, 6.07) is 0. The molecule has 0 bridgehead atoms. The molecule has 0 saturated carbocycles. The van der Waals surface area contributed by atoms with Crippen molar-refractivity contribution in [1.29, 1.82) is 0 Å². The fourth-order valence-corrected chi connectivity index (χ4v) is 3.76. The lowest BCUT2D eigenvalue weighted by Gasteiger charge is -2.45. The van der Waals surface area contributed by atoms with Crippen molar-refractivity contribution < 1.29 is 8.42 Å². The number of piperidine rings is 2. The molecule has 17 heavy (non-hydrogen) atoms. The molecule has 1 unspecified atom stereocenters. The molecular weight excluding hydrogens is 236 g/mol. The van der Waals surface area contributed by atoms with Gasteiger partial charge in [-0.2, -0.15) is 0 Å². The highest BCUT2D eigenvalue weighted by Gasteiger charge is 2.36. The maximum atomic E-state index is 11.2. The highest BCUT2D eigenvalue weighted by Crippen LogP contribution is 2.35. The molecule has 2 heterocycles. The van der Waals surface area contributed by atoms with Gasteiger partial charge in [-0.15, -0.1) is 0 Å². The van der Waals surface area contributed by atoms with E-state index in [0.717, 1.165) is 26.2 Å². The Morgan fingerprint density at radius 3 is 2.71 bits per heavy atom. The summed E-state index contributed by atoms with van der Waals surface area (Å²) in [5.41, 5.74) is 0.425. The van der Waals surface area contributed by atoms with Gasteiger partial charge in [-0.1, -0.05) is 0 Å². The minimum Gasteiger partial charge on any atom is -0.316 e. The molecule has 0 aromatic heterocycles. The molecule has 0 aromatic rings. The molecule has 0 aromatic carbocycles. The zero-order valence-electron chi connectivity index (χ0n) is 10.7. The fraction of sp³-hybridized carbons (Fsp3) is 1.00. The number of nitrogens with zero attached hydrogens (tertiary/aromatic N) is 1. The number of hydrogen-bond donors (Lipinski definition) is 1. The lowest BCUT2D eigenvalue weighted by molar-refractivity contribution is 0.0686. The standard InChI is InChI=1S/C12H24N2O2S/c1-17(15,16)9-8-14-7-3-5-12(11-14)4-2-6-13-10-12/h13H,2-11H2,1H3. The van der Waals surface area contributed by atoms with Gasteiger partial charge in [0.1, 0.15) is 9.84 Å². The second-order valence-electron chi connectivity index (χ2n) is 5.79. The second-order valence-corrected chi connectivity index (χ2v) is 8.05. The largest absolute Gasteiger partial charge is 0.316 e. The van der Waals surface area contributed by atoms with Crippen LogP contribution in [-0.4, -0.2) is 58.1 Å². The maximum Gasteiger partial charge on any atom is 0.148 e. The summed E-state index contributed by atoms with van der Waals surface area (Å²) in [4.78, 5) is 2.34. The SMILES string of the molecule is CS(=O)(=O)CCN1CCCC2(CCCNC2)C1. The predicted octanol–water partition coefficient (Wildman–Crippen LogP) is 0.497. The van der Waals surface area contributed by atoms with Crippen molar-refractivity contribution in [1.82, 2.24) is 10.2 Å². The molecule has 2 saturated heterocycles. The summed E-state index contributed by atoms with van der Waals surface area (Å²) in [5, 5.41) is 3.49. The number of nitrogens with one attached hydrogen (secondary N) is 1. The van der Waals surface area contributed by atoms with E-state index in [-0.39, 0.29) is 0 Å². The van der Waals surface area contributed by atoms with Crippen molar-refractivity contribution >= 4 is 9.84 Å². The van der Waals surface area contributed by atoms with Crippen LogP contribution in [0.1, 0.15) is 25.7 Å². The van der Waals surface area contributed by atoms with Gasteiger partial charge in [0.05, 0.1) is 5.75 Å². The van der Waals surface area contributed by atoms with Gasteiger partial charge in [0, 0.05) is 25.9 Å². The molecule has 2 rings (SSSR count). The van der Waals surface area contributed by atoms with E-state index in [1.807, 2.05) is 0 Å². The van der Waals surface area contributed by atoms with Crippen molar-refractivity contribution in [2.45, 2.75) is 25.7 Å². The van der Waals surface area contributed by atoms with Gasteiger partial charge in [-0.05, 0) is 44.2 Å². The Balaban J connectivity index is 1.88. The molecule has 100 valence electrons. The molecule has 2 fully saturated rings. The third-order valence-electron chi connectivity index (χ3n) is 4.08. The van der Waals surface area contributed by atoms with Crippen LogP contribution in [-0.2, 0) is 9.84 Å². The van der Waals surface area contributed by atoms with Gasteiger partial charge in [0.25, 0.3) is 0 Å². The van der Waals surface area contributed by atoms with E-state index in [2.05, 4.69) is 10.2 Å². The molecule has 1 N–H and O–H groups in total. The average Bonchev–Trinajstić information content (AvgIpc) is 2.27. The molecule has 1 spiro atoms. The van der Waals surface area contributed by atoms with Crippen LogP contribution < -0.4 is 5.32 Å². The lowest BCUT2D eigenvalue weighted by Crippen LogP contribution is -2.51. The van der Waals surface area contributed by atoms with Gasteiger partial charge in [0.2, 0.25) is 0 Å². The van der Waals surface area contributed by atoms with E-state index in [4.69, 9.17) is 0 Å². The van der Waals surface area contributed by atoms with E-state index in [1.54, 1.807) is 0 Å². The zero-order valence-corrected chi connectivity index (χ0v) is 11.6. The number of likely N-dealkylation sites (tertiary alicyclic amines) is 1. The monoisotopic (exact) mass is 260 g/mol. The molecule has 2 aliphatic heterocycles. The summed E-state index contributed by atoms with van der Waals surface area (Å²) in [6.07, 6.45) is 6.41. The number of sulfone groups is 1. The van der Waals surface area contributed by atoms with Crippen LogP contribution in [0.2, 0.25) is 0 Å².